The van der Waals surface area contributed by atoms with E-state index in [4.69, 9.17) is 20.8 Å². The molecule has 0 saturated carbocycles. The third kappa shape index (κ3) is 5.82. The molecule has 1 saturated heterocycles. The Morgan fingerprint density at radius 1 is 1.09 bits per heavy atom. The lowest BCUT2D eigenvalue weighted by atomic mass is 10.1. The van der Waals surface area contributed by atoms with Gasteiger partial charge in [0.1, 0.15) is 17.2 Å². The van der Waals surface area contributed by atoms with E-state index in [2.05, 4.69) is 32.2 Å². The van der Waals surface area contributed by atoms with E-state index in [-0.39, 0.29) is 0 Å². The van der Waals surface area contributed by atoms with Gasteiger partial charge < -0.3 is 19.4 Å². The number of halogens is 1. The Balaban J connectivity index is 1.20. The number of hydrogen-bond donors (Lipinski definition) is 1. The number of piperazine rings is 1. The zero-order chi connectivity index (χ0) is 22.3. The molecule has 0 amide bonds. The molecule has 4 rings (SSSR count). The lowest BCUT2D eigenvalue weighted by Crippen LogP contribution is -2.46. The molecule has 1 N–H and O–H groups in total. The first kappa shape index (κ1) is 22.6. The van der Waals surface area contributed by atoms with Crippen LogP contribution in [0.15, 0.2) is 52.9 Å². The topological polar surface area (TPSA) is 53.8 Å². The molecule has 2 aromatic carbocycles. The van der Waals surface area contributed by atoms with Crippen LogP contribution in [-0.4, -0.2) is 56.3 Å². The number of nitrogens with zero attached hydrogens (tertiary/aromatic N) is 3. The van der Waals surface area contributed by atoms with Crippen molar-refractivity contribution in [3.63, 3.8) is 0 Å². The number of benzene rings is 2. The zero-order valence-corrected chi connectivity index (χ0v) is 19.6. The van der Waals surface area contributed by atoms with Gasteiger partial charge in [-0.25, -0.2) is 4.98 Å². The summed E-state index contributed by atoms with van der Waals surface area (Å²) in [6.07, 6.45) is 1.10. The summed E-state index contributed by atoms with van der Waals surface area (Å²) in [7, 11) is 1.67. The van der Waals surface area contributed by atoms with Gasteiger partial charge in [0.05, 0.1) is 13.7 Å². The Morgan fingerprint density at radius 2 is 1.88 bits per heavy atom. The van der Waals surface area contributed by atoms with Gasteiger partial charge in [-0.3, -0.25) is 4.90 Å². The van der Waals surface area contributed by atoms with Gasteiger partial charge in [0.2, 0.25) is 0 Å². The van der Waals surface area contributed by atoms with E-state index in [1.165, 1.54) is 5.69 Å². The Morgan fingerprint density at radius 3 is 2.62 bits per heavy atom. The Hall–Kier alpha value is -2.54. The van der Waals surface area contributed by atoms with Gasteiger partial charge in [-0.05, 0) is 55.9 Å². The molecule has 32 heavy (non-hydrogen) atoms. The molecule has 2 heterocycles. The van der Waals surface area contributed by atoms with E-state index < -0.39 is 0 Å². The largest absolute Gasteiger partial charge is 0.497 e. The number of rotatable bonds is 9. The van der Waals surface area contributed by atoms with Crippen molar-refractivity contribution < 1.29 is 9.15 Å². The molecule has 0 aliphatic carbocycles. The van der Waals surface area contributed by atoms with E-state index in [1.807, 2.05) is 43.3 Å². The van der Waals surface area contributed by atoms with Crippen LogP contribution in [0.3, 0.4) is 0 Å². The second-order valence-electron chi connectivity index (χ2n) is 8.07. The highest BCUT2D eigenvalue weighted by Crippen LogP contribution is 2.27. The summed E-state index contributed by atoms with van der Waals surface area (Å²) in [5.74, 6) is 2.36. The molecule has 170 valence electrons. The molecular formula is C25H31ClN4O2. The molecule has 0 unspecified atom stereocenters. The number of aromatic nitrogens is 1. The maximum Gasteiger partial charge on any atom is 0.191 e. The summed E-state index contributed by atoms with van der Waals surface area (Å²) in [5, 5.41) is 4.31. The predicted octanol–water partition coefficient (Wildman–Crippen LogP) is 4.61. The van der Waals surface area contributed by atoms with E-state index in [0.29, 0.717) is 12.4 Å². The average molecular weight is 455 g/mol. The fourth-order valence-corrected chi connectivity index (χ4v) is 4.22. The summed E-state index contributed by atoms with van der Waals surface area (Å²) in [5.41, 5.74) is 3.15. The van der Waals surface area contributed by atoms with Crippen LogP contribution in [0.5, 0.6) is 5.75 Å². The Kier molecular flexibility index (Phi) is 7.68. The molecule has 1 aromatic heterocycles. The van der Waals surface area contributed by atoms with Crippen molar-refractivity contribution >= 4 is 17.3 Å². The van der Waals surface area contributed by atoms with Crippen LogP contribution in [0, 0.1) is 6.92 Å². The second kappa shape index (κ2) is 10.9. The van der Waals surface area contributed by atoms with Crippen LogP contribution in [0.1, 0.15) is 18.1 Å². The van der Waals surface area contributed by atoms with Crippen molar-refractivity contribution in [1.82, 2.24) is 15.2 Å². The Labute approximate surface area is 195 Å². The molecule has 0 bridgehead atoms. The number of ether oxygens (including phenoxy) is 1. The SMILES string of the molecule is COc1cccc(-c2nc(C)oc2CNCCCN2CCN(c3ccc(Cl)cc3)CC2)c1. The third-order valence-corrected chi connectivity index (χ3v) is 6.08. The highest BCUT2D eigenvalue weighted by Gasteiger charge is 2.17. The maximum atomic E-state index is 6.00. The molecule has 1 aliphatic heterocycles. The second-order valence-corrected chi connectivity index (χ2v) is 8.51. The van der Waals surface area contributed by atoms with Crippen molar-refractivity contribution in [3.8, 4) is 17.0 Å². The smallest absolute Gasteiger partial charge is 0.191 e. The summed E-state index contributed by atoms with van der Waals surface area (Å²) in [4.78, 5) is 9.55. The van der Waals surface area contributed by atoms with Gasteiger partial charge in [-0.15, -0.1) is 0 Å². The molecule has 7 heteroatoms. The normalized spacial score (nSPS) is 14.7. The minimum absolute atomic E-state index is 0.664. The van der Waals surface area contributed by atoms with Crippen molar-refractivity contribution in [2.24, 2.45) is 0 Å². The number of hydrogen-bond acceptors (Lipinski definition) is 6. The summed E-state index contributed by atoms with van der Waals surface area (Å²) < 4.78 is 11.2. The van der Waals surface area contributed by atoms with Crippen LogP contribution in [0.4, 0.5) is 5.69 Å². The lowest BCUT2D eigenvalue weighted by molar-refractivity contribution is 0.253. The quantitative estimate of drug-likeness (QED) is 0.476. The van der Waals surface area contributed by atoms with Gasteiger partial charge in [0.25, 0.3) is 0 Å². The molecule has 1 aliphatic rings. The van der Waals surface area contributed by atoms with Crippen LogP contribution in [0.2, 0.25) is 5.02 Å². The van der Waals surface area contributed by atoms with Gasteiger partial charge in [-0.2, -0.15) is 0 Å². The average Bonchev–Trinajstić information content (AvgIpc) is 3.20. The molecular weight excluding hydrogens is 424 g/mol. The first-order valence-corrected chi connectivity index (χ1v) is 11.5. The predicted molar refractivity (Wildman–Crippen MR) is 130 cm³/mol. The first-order valence-electron chi connectivity index (χ1n) is 11.2. The van der Waals surface area contributed by atoms with Crippen LogP contribution in [0.25, 0.3) is 11.3 Å². The lowest BCUT2D eigenvalue weighted by Gasteiger charge is -2.36. The van der Waals surface area contributed by atoms with E-state index in [9.17, 15) is 0 Å². The van der Waals surface area contributed by atoms with Gasteiger partial charge in [-0.1, -0.05) is 23.7 Å². The molecule has 0 atom stereocenters. The van der Waals surface area contributed by atoms with E-state index >= 15 is 0 Å². The van der Waals surface area contributed by atoms with Gasteiger partial charge in [0, 0.05) is 49.4 Å². The standard InChI is InChI=1S/C25H31ClN4O2/c1-19-28-25(20-5-3-6-23(17-20)31-2)24(32-19)18-27-11-4-12-29-13-15-30(16-14-29)22-9-7-21(26)8-10-22/h3,5-10,17,27H,4,11-16,18H2,1-2H3. The molecule has 0 spiro atoms. The van der Waals surface area contributed by atoms with Gasteiger partial charge >= 0.3 is 0 Å². The highest BCUT2D eigenvalue weighted by molar-refractivity contribution is 6.30. The van der Waals surface area contributed by atoms with Crippen molar-refractivity contribution in [2.75, 3.05) is 51.3 Å². The number of oxazole rings is 1. The van der Waals surface area contributed by atoms with Crippen LogP contribution in [-0.2, 0) is 6.54 Å². The summed E-state index contributed by atoms with van der Waals surface area (Å²) in [6, 6.07) is 16.1. The zero-order valence-electron chi connectivity index (χ0n) is 18.8. The van der Waals surface area contributed by atoms with E-state index in [1.54, 1.807) is 7.11 Å². The first-order chi connectivity index (χ1) is 15.6. The highest BCUT2D eigenvalue weighted by atomic mass is 35.5. The van der Waals surface area contributed by atoms with Crippen molar-refractivity contribution in [1.29, 1.82) is 0 Å². The van der Waals surface area contributed by atoms with Crippen LogP contribution >= 0.6 is 11.6 Å². The molecule has 0 radical (unpaired) electrons. The Bertz CT molecular complexity index is 997. The van der Waals surface area contributed by atoms with Crippen molar-refractivity contribution in [2.45, 2.75) is 19.9 Å². The maximum absolute atomic E-state index is 6.00. The monoisotopic (exact) mass is 454 g/mol. The number of methoxy groups -OCH3 is 1. The summed E-state index contributed by atoms with van der Waals surface area (Å²) >= 11 is 6.00. The number of anilines is 1. The molecule has 3 aromatic rings. The number of nitrogens with one attached hydrogen (secondary N) is 1. The fourth-order valence-electron chi connectivity index (χ4n) is 4.10. The third-order valence-electron chi connectivity index (χ3n) is 5.82. The minimum Gasteiger partial charge on any atom is -0.497 e. The van der Waals surface area contributed by atoms with Gasteiger partial charge in [0.15, 0.2) is 5.89 Å². The summed E-state index contributed by atoms with van der Waals surface area (Å²) in [6.45, 7) is 8.86. The van der Waals surface area contributed by atoms with Crippen molar-refractivity contribution in [3.05, 3.63) is 65.2 Å². The molecule has 1 fully saturated rings. The molecule has 6 nitrogen and oxygen atoms in total. The number of aryl methyl sites for hydroxylation is 1. The fraction of sp³-hybridized carbons (Fsp3) is 0.400. The van der Waals surface area contributed by atoms with E-state index in [0.717, 1.165) is 73.5 Å². The van der Waals surface area contributed by atoms with Crippen LogP contribution < -0.4 is 15.0 Å². The minimum atomic E-state index is 0.664.